The first kappa shape index (κ1) is 18.1. The van der Waals surface area contributed by atoms with Gasteiger partial charge in [-0.05, 0) is 36.4 Å². The number of nitriles is 1. The minimum absolute atomic E-state index is 0.144. The van der Waals surface area contributed by atoms with Crippen molar-refractivity contribution in [1.29, 1.82) is 5.26 Å². The number of pyridine rings is 1. The standard InChI is InChI=1S/C21H18ClN5O/c22-17-5-7-18(8-6-17)24-21(28)27-11-9-26(10-12-27)20-16(14-23)13-15-3-1-2-4-19(15)25-20/h1-8,13H,9-12H2,(H,24,28). The van der Waals surface area contributed by atoms with Gasteiger partial charge in [-0.15, -0.1) is 0 Å². The molecule has 2 heterocycles. The first-order valence-corrected chi connectivity index (χ1v) is 9.38. The van der Waals surface area contributed by atoms with Gasteiger partial charge in [-0.25, -0.2) is 9.78 Å². The molecule has 7 heteroatoms. The van der Waals surface area contributed by atoms with E-state index in [9.17, 15) is 10.1 Å². The third kappa shape index (κ3) is 3.71. The minimum Gasteiger partial charge on any atom is -0.352 e. The molecule has 0 atom stereocenters. The number of hydrogen-bond donors (Lipinski definition) is 1. The molecule has 0 bridgehead atoms. The third-order valence-corrected chi connectivity index (χ3v) is 5.04. The van der Waals surface area contributed by atoms with Crippen molar-refractivity contribution in [1.82, 2.24) is 9.88 Å². The molecule has 1 N–H and O–H groups in total. The SMILES string of the molecule is N#Cc1cc2ccccc2nc1N1CCN(C(=O)Nc2ccc(Cl)cc2)CC1. The lowest BCUT2D eigenvalue weighted by atomic mass is 10.1. The van der Waals surface area contributed by atoms with Crippen LogP contribution in [-0.2, 0) is 0 Å². The number of nitrogens with one attached hydrogen (secondary N) is 1. The lowest BCUT2D eigenvalue weighted by molar-refractivity contribution is 0.208. The van der Waals surface area contributed by atoms with E-state index in [1.165, 1.54) is 0 Å². The van der Waals surface area contributed by atoms with Crippen molar-refractivity contribution in [3.05, 3.63) is 65.2 Å². The summed E-state index contributed by atoms with van der Waals surface area (Å²) in [6.07, 6.45) is 0. The number of hydrogen-bond acceptors (Lipinski definition) is 4. The molecule has 0 aliphatic carbocycles. The number of para-hydroxylation sites is 1. The van der Waals surface area contributed by atoms with Gasteiger partial charge in [0.15, 0.2) is 0 Å². The summed E-state index contributed by atoms with van der Waals surface area (Å²) in [5.41, 5.74) is 2.12. The van der Waals surface area contributed by atoms with Crippen LogP contribution in [0.15, 0.2) is 54.6 Å². The average Bonchev–Trinajstić information content (AvgIpc) is 2.74. The Balaban J connectivity index is 1.45. The van der Waals surface area contributed by atoms with E-state index in [2.05, 4.69) is 21.3 Å². The molecule has 6 nitrogen and oxygen atoms in total. The number of nitrogens with zero attached hydrogens (tertiary/aromatic N) is 4. The fourth-order valence-corrected chi connectivity index (χ4v) is 3.41. The Labute approximate surface area is 168 Å². The molecule has 28 heavy (non-hydrogen) atoms. The number of amides is 2. The van der Waals surface area contributed by atoms with Gasteiger partial charge in [-0.3, -0.25) is 0 Å². The van der Waals surface area contributed by atoms with Crippen LogP contribution in [0, 0.1) is 11.3 Å². The van der Waals surface area contributed by atoms with Crippen LogP contribution in [0.1, 0.15) is 5.56 Å². The Morgan fingerprint density at radius 3 is 2.50 bits per heavy atom. The lowest BCUT2D eigenvalue weighted by Gasteiger charge is -2.35. The van der Waals surface area contributed by atoms with Crippen LogP contribution in [0.3, 0.4) is 0 Å². The number of anilines is 2. The van der Waals surface area contributed by atoms with Gasteiger partial charge < -0.3 is 15.1 Å². The van der Waals surface area contributed by atoms with E-state index in [-0.39, 0.29) is 6.03 Å². The largest absolute Gasteiger partial charge is 0.352 e. The molecule has 0 saturated carbocycles. The molecule has 0 spiro atoms. The van der Waals surface area contributed by atoms with Crippen LogP contribution in [-0.4, -0.2) is 42.1 Å². The van der Waals surface area contributed by atoms with Gasteiger partial charge in [0.1, 0.15) is 11.9 Å². The molecule has 140 valence electrons. The maximum absolute atomic E-state index is 12.5. The van der Waals surface area contributed by atoms with Crippen LogP contribution >= 0.6 is 11.6 Å². The highest BCUT2D eigenvalue weighted by molar-refractivity contribution is 6.30. The van der Waals surface area contributed by atoms with Gasteiger partial charge in [-0.1, -0.05) is 29.8 Å². The molecule has 0 radical (unpaired) electrons. The van der Waals surface area contributed by atoms with Crippen LogP contribution in [0.2, 0.25) is 5.02 Å². The van der Waals surface area contributed by atoms with Crippen molar-refractivity contribution >= 4 is 40.0 Å². The van der Waals surface area contributed by atoms with Crippen molar-refractivity contribution in [3.8, 4) is 6.07 Å². The van der Waals surface area contributed by atoms with Crippen molar-refractivity contribution in [2.45, 2.75) is 0 Å². The van der Waals surface area contributed by atoms with Crippen molar-refractivity contribution < 1.29 is 4.79 Å². The normalized spacial score (nSPS) is 14.0. The zero-order valence-electron chi connectivity index (χ0n) is 15.1. The second kappa shape index (κ2) is 7.75. The summed E-state index contributed by atoms with van der Waals surface area (Å²) in [4.78, 5) is 21.0. The van der Waals surface area contributed by atoms with Crippen LogP contribution in [0.5, 0.6) is 0 Å². The summed E-state index contributed by atoms with van der Waals surface area (Å²) in [6, 6.07) is 18.8. The topological polar surface area (TPSA) is 72.3 Å². The molecule has 2 aromatic carbocycles. The molecule has 1 fully saturated rings. The Kier molecular flexibility index (Phi) is 5.00. The smallest absolute Gasteiger partial charge is 0.321 e. The third-order valence-electron chi connectivity index (χ3n) is 4.79. The number of piperazine rings is 1. The van der Waals surface area contributed by atoms with E-state index >= 15 is 0 Å². The van der Waals surface area contributed by atoms with E-state index in [1.807, 2.05) is 30.3 Å². The summed E-state index contributed by atoms with van der Waals surface area (Å²) < 4.78 is 0. The van der Waals surface area contributed by atoms with Crippen molar-refractivity contribution in [3.63, 3.8) is 0 Å². The Hall–Kier alpha value is -3.30. The Morgan fingerprint density at radius 2 is 1.79 bits per heavy atom. The molecular weight excluding hydrogens is 374 g/mol. The number of urea groups is 1. The Bertz CT molecular complexity index is 1050. The fourth-order valence-electron chi connectivity index (χ4n) is 3.29. The summed E-state index contributed by atoms with van der Waals surface area (Å²) >= 11 is 5.87. The van der Waals surface area contributed by atoms with E-state index in [4.69, 9.17) is 11.6 Å². The number of carbonyl (C=O) groups is 1. The van der Waals surface area contributed by atoms with Crippen LogP contribution in [0.4, 0.5) is 16.3 Å². The highest BCUT2D eigenvalue weighted by Crippen LogP contribution is 2.24. The number of rotatable bonds is 2. The van der Waals surface area contributed by atoms with Gasteiger partial charge in [0.2, 0.25) is 0 Å². The van der Waals surface area contributed by atoms with Crippen LogP contribution in [0.25, 0.3) is 10.9 Å². The summed E-state index contributed by atoms with van der Waals surface area (Å²) in [5.74, 6) is 0.680. The highest BCUT2D eigenvalue weighted by Gasteiger charge is 2.24. The van der Waals surface area contributed by atoms with Gasteiger partial charge in [0, 0.05) is 42.3 Å². The first-order valence-electron chi connectivity index (χ1n) is 9.00. The molecule has 0 unspecified atom stereocenters. The average molecular weight is 392 g/mol. The molecule has 3 aromatic rings. The summed E-state index contributed by atoms with van der Waals surface area (Å²) in [7, 11) is 0. The monoisotopic (exact) mass is 391 g/mol. The molecule has 2 amide bonds. The van der Waals surface area contributed by atoms with E-state index in [0.29, 0.717) is 48.3 Å². The molecular formula is C21H18ClN5O. The number of fused-ring (bicyclic) bond motifs is 1. The first-order chi connectivity index (χ1) is 13.6. The van der Waals surface area contributed by atoms with Gasteiger partial charge >= 0.3 is 6.03 Å². The van der Waals surface area contributed by atoms with E-state index < -0.39 is 0 Å². The molecule has 1 saturated heterocycles. The maximum atomic E-state index is 12.5. The number of halogens is 1. The number of carbonyl (C=O) groups excluding carboxylic acids is 1. The molecule has 1 aliphatic rings. The zero-order valence-corrected chi connectivity index (χ0v) is 15.9. The van der Waals surface area contributed by atoms with Gasteiger partial charge in [0.25, 0.3) is 0 Å². The lowest BCUT2D eigenvalue weighted by Crippen LogP contribution is -2.50. The van der Waals surface area contributed by atoms with E-state index in [0.717, 1.165) is 10.9 Å². The minimum atomic E-state index is -0.144. The molecule has 1 aliphatic heterocycles. The summed E-state index contributed by atoms with van der Waals surface area (Å²) in [6.45, 7) is 2.35. The fraction of sp³-hybridized carbons (Fsp3) is 0.190. The Morgan fingerprint density at radius 1 is 1.07 bits per heavy atom. The second-order valence-corrected chi connectivity index (χ2v) is 7.01. The molecule has 4 rings (SSSR count). The van der Waals surface area contributed by atoms with Crippen LogP contribution < -0.4 is 10.2 Å². The predicted molar refractivity (Wildman–Crippen MR) is 111 cm³/mol. The predicted octanol–water partition coefficient (Wildman–Crippen LogP) is 4.11. The van der Waals surface area contributed by atoms with Gasteiger partial charge in [-0.2, -0.15) is 5.26 Å². The quantitative estimate of drug-likeness (QED) is 0.713. The van der Waals surface area contributed by atoms with Crippen molar-refractivity contribution in [2.24, 2.45) is 0 Å². The number of benzene rings is 2. The van der Waals surface area contributed by atoms with E-state index in [1.54, 1.807) is 29.2 Å². The zero-order chi connectivity index (χ0) is 19.5. The second-order valence-electron chi connectivity index (χ2n) is 6.58. The van der Waals surface area contributed by atoms with Crippen molar-refractivity contribution in [2.75, 3.05) is 36.4 Å². The number of aromatic nitrogens is 1. The summed E-state index contributed by atoms with van der Waals surface area (Å²) in [5, 5.41) is 14.0. The highest BCUT2D eigenvalue weighted by atomic mass is 35.5. The van der Waals surface area contributed by atoms with Gasteiger partial charge in [0.05, 0.1) is 11.1 Å². The molecule has 1 aromatic heterocycles. The maximum Gasteiger partial charge on any atom is 0.321 e.